The van der Waals surface area contributed by atoms with E-state index in [1.54, 1.807) is 0 Å². The van der Waals surface area contributed by atoms with Gasteiger partial charge in [-0.05, 0) is 24.3 Å². The van der Waals surface area contributed by atoms with Gasteiger partial charge in [-0.3, -0.25) is 9.20 Å². The summed E-state index contributed by atoms with van der Waals surface area (Å²) in [7, 11) is 0. The van der Waals surface area contributed by atoms with Crippen LogP contribution in [0.3, 0.4) is 0 Å². The predicted molar refractivity (Wildman–Crippen MR) is 91.2 cm³/mol. The Bertz CT molecular complexity index is 1070. The zero-order valence-electron chi connectivity index (χ0n) is 14.8. The second kappa shape index (κ2) is 7.84. The van der Waals surface area contributed by atoms with Crippen molar-refractivity contribution >= 4 is 17.4 Å². The number of hydrogen-bond donors (Lipinski definition) is 1. The first-order chi connectivity index (χ1) is 13.9. The van der Waals surface area contributed by atoms with Crippen molar-refractivity contribution in [2.45, 2.75) is 25.4 Å². The highest BCUT2D eigenvalue weighted by Crippen LogP contribution is 2.33. The van der Waals surface area contributed by atoms with E-state index in [4.69, 9.17) is 0 Å². The molecule has 2 heterocycles. The molecule has 1 amide bonds. The molecule has 0 spiro atoms. The van der Waals surface area contributed by atoms with Crippen LogP contribution in [-0.2, 0) is 4.79 Å². The predicted octanol–water partition coefficient (Wildman–Crippen LogP) is 5.32. The summed E-state index contributed by atoms with van der Waals surface area (Å²) < 4.78 is 93.3. The third-order valence-electron chi connectivity index (χ3n) is 3.82. The Balaban J connectivity index is 2.02. The number of halogens is 7. The molecule has 3 rings (SSSR count). The van der Waals surface area contributed by atoms with E-state index in [0.717, 1.165) is 28.8 Å². The lowest BCUT2D eigenvalue weighted by atomic mass is 10.1. The van der Waals surface area contributed by atoms with Gasteiger partial charge in [0.15, 0.2) is 5.82 Å². The molecule has 0 fully saturated rings. The van der Waals surface area contributed by atoms with Crippen molar-refractivity contribution in [2.24, 2.45) is 0 Å². The van der Waals surface area contributed by atoms with Crippen LogP contribution in [0.2, 0.25) is 0 Å². The maximum atomic E-state index is 13.7. The van der Waals surface area contributed by atoms with Crippen LogP contribution in [-0.4, -0.2) is 27.8 Å². The van der Waals surface area contributed by atoms with Gasteiger partial charge in [0.05, 0.1) is 12.1 Å². The van der Waals surface area contributed by atoms with Gasteiger partial charge in [0.1, 0.15) is 17.2 Å². The fourth-order valence-electron chi connectivity index (χ4n) is 2.67. The monoisotopic (exact) mass is 435 g/mol. The van der Waals surface area contributed by atoms with E-state index < -0.39 is 42.9 Å². The van der Waals surface area contributed by atoms with Crippen LogP contribution in [0, 0.1) is 5.82 Å². The topological polar surface area (TPSA) is 55.6 Å². The number of amides is 1. The Morgan fingerprint density at radius 2 is 1.83 bits per heavy atom. The maximum Gasteiger partial charge on any atom is 0.573 e. The number of anilines is 1. The molecule has 12 heteroatoms. The van der Waals surface area contributed by atoms with Crippen molar-refractivity contribution in [2.75, 3.05) is 5.32 Å². The van der Waals surface area contributed by atoms with Crippen LogP contribution in [0.25, 0.3) is 16.9 Å². The van der Waals surface area contributed by atoms with Crippen molar-refractivity contribution in [1.82, 2.24) is 9.38 Å². The van der Waals surface area contributed by atoms with Crippen LogP contribution in [0.5, 0.6) is 5.75 Å². The number of aromatic nitrogens is 2. The molecule has 160 valence electrons. The number of nitrogens with one attached hydrogen (secondary N) is 1. The molecule has 5 nitrogen and oxygen atoms in total. The zero-order valence-corrected chi connectivity index (χ0v) is 14.8. The smallest absolute Gasteiger partial charge is 0.406 e. The molecule has 0 bridgehead atoms. The lowest BCUT2D eigenvalue weighted by Gasteiger charge is -2.11. The quantitative estimate of drug-likeness (QED) is 0.552. The van der Waals surface area contributed by atoms with Crippen LogP contribution >= 0.6 is 0 Å². The minimum Gasteiger partial charge on any atom is -0.406 e. The van der Waals surface area contributed by atoms with E-state index in [9.17, 15) is 35.5 Å². The van der Waals surface area contributed by atoms with Crippen molar-refractivity contribution in [3.05, 3.63) is 48.4 Å². The number of benzene rings is 1. The van der Waals surface area contributed by atoms with E-state index in [1.807, 2.05) is 0 Å². The summed E-state index contributed by atoms with van der Waals surface area (Å²) in [6, 6.07) is 6.88. The lowest BCUT2D eigenvalue weighted by molar-refractivity contribution is -0.274. The van der Waals surface area contributed by atoms with E-state index in [2.05, 4.69) is 15.0 Å². The molecule has 0 saturated carbocycles. The van der Waals surface area contributed by atoms with Crippen LogP contribution in [0.1, 0.15) is 12.8 Å². The molecule has 0 aliphatic heterocycles. The molecule has 30 heavy (non-hydrogen) atoms. The van der Waals surface area contributed by atoms with Gasteiger partial charge in [-0.25, -0.2) is 9.37 Å². The molecule has 2 aromatic heterocycles. The van der Waals surface area contributed by atoms with Crippen LogP contribution in [0.4, 0.5) is 36.6 Å². The summed E-state index contributed by atoms with van der Waals surface area (Å²) >= 11 is 0. The molecular weight excluding hydrogens is 423 g/mol. The van der Waals surface area contributed by atoms with Gasteiger partial charge in [-0.15, -0.1) is 13.2 Å². The number of ether oxygens (including phenoxy) is 1. The third kappa shape index (κ3) is 5.39. The Morgan fingerprint density at radius 3 is 2.50 bits per heavy atom. The first kappa shape index (κ1) is 21.4. The number of hydrogen-bond acceptors (Lipinski definition) is 3. The van der Waals surface area contributed by atoms with Gasteiger partial charge in [0.2, 0.25) is 5.91 Å². The van der Waals surface area contributed by atoms with E-state index in [-0.39, 0.29) is 22.7 Å². The number of carbonyl (C=O) groups excluding carboxylic acids is 1. The Morgan fingerprint density at radius 1 is 1.10 bits per heavy atom. The lowest BCUT2D eigenvalue weighted by Crippen LogP contribution is -2.17. The molecule has 1 N–H and O–H groups in total. The second-order valence-corrected chi connectivity index (χ2v) is 6.12. The first-order valence-corrected chi connectivity index (χ1v) is 8.32. The maximum absolute atomic E-state index is 13.7. The average Bonchev–Trinajstić information content (AvgIpc) is 2.95. The highest BCUT2D eigenvalue weighted by atomic mass is 19.4. The second-order valence-electron chi connectivity index (χ2n) is 6.12. The summed E-state index contributed by atoms with van der Waals surface area (Å²) in [5.41, 5.74) is 0.137. The molecule has 0 unspecified atom stereocenters. The molecule has 3 aromatic rings. The SMILES string of the molecule is O=C(CCC(F)(F)F)Nc1nc2ccc(F)cn2c1-c1cccc(OC(F)(F)F)c1. The van der Waals surface area contributed by atoms with Crippen molar-refractivity contribution < 1.29 is 40.3 Å². The number of nitrogens with zero attached hydrogens (tertiary/aromatic N) is 2. The molecule has 0 saturated heterocycles. The van der Waals surface area contributed by atoms with E-state index in [0.29, 0.717) is 0 Å². The third-order valence-corrected chi connectivity index (χ3v) is 3.82. The Labute approximate surface area is 164 Å². The number of imidazole rings is 1. The molecule has 1 aromatic carbocycles. The van der Waals surface area contributed by atoms with Gasteiger partial charge in [-0.2, -0.15) is 13.2 Å². The standard InChI is InChI=1S/C18H12F7N3O2/c19-11-4-5-13-26-16(27-14(29)6-7-17(20,21)22)15(28(13)9-11)10-2-1-3-12(8-10)30-18(23,24)25/h1-5,8-9H,6-7H2,(H,27,29). The van der Waals surface area contributed by atoms with Gasteiger partial charge >= 0.3 is 12.5 Å². The van der Waals surface area contributed by atoms with Gasteiger partial charge in [-0.1, -0.05) is 12.1 Å². The summed E-state index contributed by atoms with van der Waals surface area (Å²) in [6.45, 7) is 0. The van der Waals surface area contributed by atoms with Gasteiger partial charge in [0, 0.05) is 18.2 Å². The van der Waals surface area contributed by atoms with Crippen molar-refractivity contribution in [3.8, 4) is 17.0 Å². The normalized spacial score (nSPS) is 12.2. The van der Waals surface area contributed by atoms with E-state index in [1.165, 1.54) is 18.2 Å². The van der Waals surface area contributed by atoms with Crippen LogP contribution < -0.4 is 10.1 Å². The Hall–Kier alpha value is -3.31. The summed E-state index contributed by atoms with van der Waals surface area (Å²) in [4.78, 5) is 16.0. The number of pyridine rings is 1. The largest absolute Gasteiger partial charge is 0.573 e. The molecule has 0 atom stereocenters. The highest BCUT2D eigenvalue weighted by molar-refractivity contribution is 5.94. The van der Waals surface area contributed by atoms with Gasteiger partial charge in [0.25, 0.3) is 0 Å². The average molecular weight is 435 g/mol. The fraction of sp³-hybridized carbons (Fsp3) is 0.222. The van der Waals surface area contributed by atoms with Crippen LogP contribution in [0.15, 0.2) is 42.6 Å². The Kier molecular flexibility index (Phi) is 5.59. The minimum absolute atomic E-state index is 0.0301. The van der Waals surface area contributed by atoms with Gasteiger partial charge < -0.3 is 10.1 Å². The molecule has 0 radical (unpaired) electrons. The fourth-order valence-corrected chi connectivity index (χ4v) is 2.67. The summed E-state index contributed by atoms with van der Waals surface area (Å²) in [5.74, 6) is -2.54. The molecule has 0 aliphatic rings. The number of fused-ring (bicyclic) bond motifs is 1. The van der Waals surface area contributed by atoms with E-state index >= 15 is 0 Å². The summed E-state index contributed by atoms with van der Waals surface area (Å²) in [5, 5.41) is 2.20. The number of alkyl halides is 6. The highest BCUT2D eigenvalue weighted by Gasteiger charge is 2.31. The number of rotatable bonds is 5. The molecule has 0 aliphatic carbocycles. The molecular formula is C18H12F7N3O2. The summed E-state index contributed by atoms with van der Waals surface area (Å²) in [6.07, 6.45) is -10.8. The first-order valence-electron chi connectivity index (χ1n) is 8.32. The number of carbonyl (C=O) groups is 1. The van der Waals surface area contributed by atoms with Crippen molar-refractivity contribution in [1.29, 1.82) is 0 Å². The van der Waals surface area contributed by atoms with Crippen molar-refractivity contribution in [3.63, 3.8) is 0 Å². The zero-order chi connectivity index (χ0) is 22.1. The minimum atomic E-state index is -4.96.